The zero-order chi connectivity index (χ0) is 11.5. The van der Waals surface area contributed by atoms with E-state index in [1.807, 2.05) is 24.3 Å². The molecule has 0 atom stereocenters. The minimum atomic E-state index is 0.496. The van der Waals surface area contributed by atoms with Gasteiger partial charge in [-0.05, 0) is 40.2 Å². The highest BCUT2D eigenvalue weighted by Crippen LogP contribution is 2.29. The van der Waals surface area contributed by atoms with Crippen LogP contribution in [0, 0.1) is 0 Å². The van der Waals surface area contributed by atoms with E-state index in [4.69, 9.17) is 5.73 Å². The number of halogens is 2. The number of nitrogens with zero attached hydrogens (tertiary/aromatic N) is 1. The molecule has 0 fully saturated rings. The maximum absolute atomic E-state index is 5.61. The van der Waals surface area contributed by atoms with Gasteiger partial charge in [0.2, 0.25) is 0 Å². The molecule has 0 spiro atoms. The first-order chi connectivity index (χ1) is 7.65. The summed E-state index contributed by atoms with van der Waals surface area (Å²) in [7, 11) is 0. The van der Waals surface area contributed by atoms with E-state index in [9.17, 15) is 0 Å². The van der Waals surface area contributed by atoms with Gasteiger partial charge >= 0.3 is 0 Å². The van der Waals surface area contributed by atoms with Crippen molar-refractivity contribution in [2.75, 3.05) is 11.1 Å². The third kappa shape index (κ3) is 2.74. The third-order valence-electron chi connectivity index (χ3n) is 1.99. The molecule has 0 unspecified atom stereocenters. The SMILES string of the molecule is Nc1cc(Nc2cc(Br)ccc2Br)ccn1. The van der Waals surface area contributed by atoms with E-state index in [2.05, 4.69) is 42.2 Å². The van der Waals surface area contributed by atoms with Crippen molar-refractivity contribution in [2.24, 2.45) is 0 Å². The lowest BCUT2D eigenvalue weighted by Crippen LogP contribution is -1.94. The number of pyridine rings is 1. The molecule has 3 N–H and O–H groups in total. The largest absolute Gasteiger partial charge is 0.384 e. The maximum Gasteiger partial charge on any atom is 0.125 e. The molecular formula is C11H9Br2N3. The number of benzene rings is 1. The molecule has 3 nitrogen and oxygen atoms in total. The molecule has 16 heavy (non-hydrogen) atoms. The van der Waals surface area contributed by atoms with Crippen LogP contribution in [-0.4, -0.2) is 4.98 Å². The van der Waals surface area contributed by atoms with Crippen molar-refractivity contribution >= 4 is 49.1 Å². The van der Waals surface area contributed by atoms with Crippen LogP contribution in [0.5, 0.6) is 0 Å². The van der Waals surface area contributed by atoms with Gasteiger partial charge in [0, 0.05) is 26.9 Å². The van der Waals surface area contributed by atoms with Gasteiger partial charge in [0.25, 0.3) is 0 Å². The minimum absolute atomic E-state index is 0.496. The van der Waals surface area contributed by atoms with Gasteiger partial charge in [0.15, 0.2) is 0 Å². The zero-order valence-electron chi connectivity index (χ0n) is 8.24. The third-order valence-corrected chi connectivity index (χ3v) is 3.17. The molecule has 0 aliphatic carbocycles. The Bertz CT molecular complexity index is 514. The Balaban J connectivity index is 2.30. The van der Waals surface area contributed by atoms with E-state index in [1.165, 1.54) is 0 Å². The summed E-state index contributed by atoms with van der Waals surface area (Å²) >= 11 is 6.90. The minimum Gasteiger partial charge on any atom is -0.384 e. The Labute approximate surface area is 110 Å². The molecule has 2 aromatic rings. The molecule has 0 radical (unpaired) electrons. The zero-order valence-corrected chi connectivity index (χ0v) is 11.4. The molecule has 1 aromatic heterocycles. The van der Waals surface area contributed by atoms with Crippen molar-refractivity contribution in [1.29, 1.82) is 0 Å². The van der Waals surface area contributed by atoms with Crippen molar-refractivity contribution < 1.29 is 0 Å². The number of hydrogen-bond donors (Lipinski definition) is 2. The summed E-state index contributed by atoms with van der Waals surface area (Å²) in [5.74, 6) is 0.496. The molecule has 5 heteroatoms. The van der Waals surface area contributed by atoms with Crippen molar-refractivity contribution in [2.45, 2.75) is 0 Å². The Morgan fingerprint density at radius 2 is 1.94 bits per heavy atom. The number of rotatable bonds is 2. The van der Waals surface area contributed by atoms with E-state index in [0.29, 0.717) is 5.82 Å². The van der Waals surface area contributed by atoms with Gasteiger partial charge in [-0.1, -0.05) is 15.9 Å². The molecule has 0 saturated carbocycles. The van der Waals surface area contributed by atoms with Gasteiger partial charge in [-0.15, -0.1) is 0 Å². The van der Waals surface area contributed by atoms with Gasteiger partial charge in [0.1, 0.15) is 5.82 Å². The fourth-order valence-electron chi connectivity index (χ4n) is 1.27. The Morgan fingerprint density at radius 3 is 2.69 bits per heavy atom. The number of anilines is 3. The predicted molar refractivity (Wildman–Crippen MR) is 73.8 cm³/mol. The first kappa shape index (κ1) is 11.4. The monoisotopic (exact) mass is 341 g/mol. The molecule has 0 amide bonds. The fourth-order valence-corrected chi connectivity index (χ4v) is 1.98. The molecule has 82 valence electrons. The lowest BCUT2D eigenvalue weighted by molar-refractivity contribution is 1.33. The van der Waals surface area contributed by atoms with Crippen LogP contribution in [0.4, 0.5) is 17.2 Å². The molecule has 2 rings (SSSR count). The van der Waals surface area contributed by atoms with Crippen molar-refractivity contribution in [1.82, 2.24) is 4.98 Å². The quantitative estimate of drug-likeness (QED) is 0.869. The van der Waals surface area contributed by atoms with Crippen molar-refractivity contribution in [3.63, 3.8) is 0 Å². The van der Waals surface area contributed by atoms with E-state index in [-0.39, 0.29) is 0 Å². The summed E-state index contributed by atoms with van der Waals surface area (Å²) < 4.78 is 2.01. The first-order valence-electron chi connectivity index (χ1n) is 4.59. The smallest absolute Gasteiger partial charge is 0.125 e. The number of aromatic nitrogens is 1. The predicted octanol–water partition coefficient (Wildman–Crippen LogP) is 3.93. The average Bonchev–Trinajstić information content (AvgIpc) is 2.24. The maximum atomic E-state index is 5.61. The average molecular weight is 343 g/mol. The summed E-state index contributed by atoms with van der Waals surface area (Å²) in [6.07, 6.45) is 1.67. The highest BCUT2D eigenvalue weighted by atomic mass is 79.9. The van der Waals surface area contributed by atoms with E-state index >= 15 is 0 Å². The van der Waals surface area contributed by atoms with Gasteiger partial charge in [-0.3, -0.25) is 0 Å². The first-order valence-corrected chi connectivity index (χ1v) is 6.17. The molecule has 1 heterocycles. The Hall–Kier alpha value is -1.07. The second-order valence-electron chi connectivity index (χ2n) is 3.22. The molecule has 0 saturated heterocycles. The second-order valence-corrected chi connectivity index (χ2v) is 4.99. The van der Waals surface area contributed by atoms with Gasteiger partial charge < -0.3 is 11.1 Å². The molecular weight excluding hydrogens is 334 g/mol. The Morgan fingerprint density at radius 1 is 1.12 bits per heavy atom. The number of nitrogens with one attached hydrogen (secondary N) is 1. The lowest BCUT2D eigenvalue weighted by atomic mass is 10.3. The summed E-state index contributed by atoms with van der Waals surface area (Å²) in [6, 6.07) is 9.57. The van der Waals surface area contributed by atoms with Gasteiger partial charge in [-0.2, -0.15) is 0 Å². The summed E-state index contributed by atoms with van der Waals surface area (Å²) in [5, 5.41) is 3.26. The molecule has 0 aliphatic heterocycles. The highest BCUT2D eigenvalue weighted by molar-refractivity contribution is 9.11. The normalized spacial score (nSPS) is 10.1. The van der Waals surface area contributed by atoms with Crippen LogP contribution in [0.1, 0.15) is 0 Å². The van der Waals surface area contributed by atoms with E-state index in [1.54, 1.807) is 12.3 Å². The molecule has 0 bridgehead atoms. The van der Waals surface area contributed by atoms with Crippen molar-refractivity contribution in [3.05, 3.63) is 45.5 Å². The fraction of sp³-hybridized carbons (Fsp3) is 0. The topological polar surface area (TPSA) is 50.9 Å². The van der Waals surface area contributed by atoms with Crippen LogP contribution >= 0.6 is 31.9 Å². The van der Waals surface area contributed by atoms with E-state index in [0.717, 1.165) is 20.3 Å². The molecule has 1 aromatic carbocycles. The summed E-state index contributed by atoms with van der Waals surface area (Å²) in [6.45, 7) is 0. The Kier molecular flexibility index (Phi) is 3.46. The molecule has 0 aliphatic rings. The number of hydrogen-bond acceptors (Lipinski definition) is 3. The lowest BCUT2D eigenvalue weighted by Gasteiger charge is -2.09. The van der Waals surface area contributed by atoms with Crippen LogP contribution in [0.25, 0.3) is 0 Å². The number of nitrogens with two attached hydrogens (primary N) is 1. The van der Waals surface area contributed by atoms with Crippen LogP contribution in [-0.2, 0) is 0 Å². The van der Waals surface area contributed by atoms with Crippen LogP contribution in [0.15, 0.2) is 45.5 Å². The number of nitrogen functional groups attached to an aromatic ring is 1. The summed E-state index contributed by atoms with van der Waals surface area (Å²) in [4.78, 5) is 3.94. The van der Waals surface area contributed by atoms with Gasteiger partial charge in [-0.25, -0.2) is 4.98 Å². The summed E-state index contributed by atoms with van der Waals surface area (Å²) in [5.41, 5.74) is 7.49. The van der Waals surface area contributed by atoms with Crippen molar-refractivity contribution in [3.8, 4) is 0 Å². The van der Waals surface area contributed by atoms with Crippen LogP contribution < -0.4 is 11.1 Å². The van der Waals surface area contributed by atoms with Gasteiger partial charge in [0.05, 0.1) is 5.69 Å². The highest BCUT2D eigenvalue weighted by Gasteiger charge is 2.01. The van der Waals surface area contributed by atoms with E-state index < -0.39 is 0 Å². The second kappa shape index (κ2) is 4.84. The van der Waals surface area contributed by atoms with Crippen LogP contribution in [0.3, 0.4) is 0 Å². The van der Waals surface area contributed by atoms with Crippen LogP contribution in [0.2, 0.25) is 0 Å². The standard InChI is InChI=1S/C11H9Br2N3/c12-7-1-2-9(13)10(5-7)16-8-3-4-15-11(14)6-8/h1-6H,(H3,14,15,16).